The maximum Gasteiger partial charge on any atom is 0.311 e. The van der Waals surface area contributed by atoms with Gasteiger partial charge in [-0.25, -0.2) is 0 Å². The molecule has 0 bridgehead atoms. The van der Waals surface area contributed by atoms with Gasteiger partial charge >= 0.3 is 11.8 Å². The van der Waals surface area contributed by atoms with Crippen molar-refractivity contribution < 1.29 is 9.21 Å². The minimum atomic E-state index is -0.138. The number of rotatable bonds is 4. The molecular formula is C15H17N3O2. The van der Waals surface area contributed by atoms with Gasteiger partial charge < -0.3 is 9.32 Å². The average molecular weight is 271 g/mol. The van der Waals surface area contributed by atoms with Gasteiger partial charge in [0.1, 0.15) is 0 Å². The van der Waals surface area contributed by atoms with Crippen LogP contribution < -0.4 is 0 Å². The summed E-state index contributed by atoms with van der Waals surface area (Å²) in [5.41, 5.74) is 1.22. The lowest BCUT2D eigenvalue weighted by molar-refractivity contribution is 0.0751. The van der Waals surface area contributed by atoms with Crippen molar-refractivity contribution in [1.82, 2.24) is 15.1 Å². The summed E-state index contributed by atoms with van der Waals surface area (Å²) in [6.45, 7) is 1.58. The zero-order chi connectivity index (χ0) is 13.8. The molecule has 3 rings (SSSR count). The minimum absolute atomic E-state index is 0.120. The van der Waals surface area contributed by atoms with Crippen LogP contribution in [0.4, 0.5) is 0 Å². The highest BCUT2D eigenvalue weighted by Crippen LogP contribution is 2.13. The van der Waals surface area contributed by atoms with E-state index in [2.05, 4.69) is 22.3 Å². The predicted octanol–water partition coefficient (Wildman–Crippen LogP) is 2.09. The van der Waals surface area contributed by atoms with E-state index in [1.807, 2.05) is 18.2 Å². The Morgan fingerprint density at radius 2 is 1.85 bits per heavy atom. The summed E-state index contributed by atoms with van der Waals surface area (Å²) in [7, 11) is 0. The molecule has 0 spiro atoms. The summed E-state index contributed by atoms with van der Waals surface area (Å²) in [4.78, 5) is 13.8. The molecule has 5 heteroatoms. The lowest BCUT2D eigenvalue weighted by Crippen LogP contribution is -2.27. The monoisotopic (exact) mass is 271 g/mol. The Kier molecular flexibility index (Phi) is 3.76. The number of nitrogens with zero attached hydrogens (tertiary/aromatic N) is 3. The Morgan fingerprint density at radius 1 is 1.10 bits per heavy atom. The number of aromatic nitrogens is 2. The maximum absolute atomic E-state index is 12.1. The number of carbonyl (C=O) groups is 1. The Balaban J connectivity index is 1.60. The van der Waals surface area contributed by atoms with Gasteiger partial charge in [0.2, 0.25) is 5.89 Å². The number of aryl methyl sites for hydroxylation is 2. The molecule has 0 N–H and O–H groups in total. The number of amides is 1. The van der Waals surface area contributed by atoms with Crippen molar-refractivity contribution in [1.29, 1.82) is 0 Å². The molecule has 0 atom stereocenters. The molecule has 1 aliphatic rings. The summed E-state index contributed by atoms with van der Waals surface area (Å²) in [6, 6.07) is 10.1. The van der Waals surface area contributed by atoms with Gasteiger partial charge in [0, 0.05) is 19.5 Å². The second-order valence-electron chi connectivity index (χ2n) is 4.99. The Labute approximate surface area is 117 Å². The first-order valence-corrected chi connectivity index (χ1v) is 6.98. The van der Waals surface area contributed by atoms with E-state index in [4.69, 9.17) is 4.42 Å². The number of hydrogen-bond acceptors (Lipinski definition) is 4. The molecule has 104 valence electrons. The van der Waals surface area contributed by atoms with Crippen molar-refractivity contribution >= 4 is 5.91 Å². The van der Waals surface area contributed by atoms with Crippen LogP contribution in [-0.4, -0.2) is 34.1 Å². The molecule has 1 amide bonds. The summed E-state index contributed by atoms with van der Waals surface area (Å²) >= 11 is 0. The second kappa shape index (κ2) is 5.86. The van der Waals surface area contributed by atoms with Crippen molar-refractivity contribution in [2.45, 2.75) is 25.7 Å². The second-order valence-corrected chi connectivity index (χ2v) is 4.99. The normalized spacial score (nSPS) is 14.7. The van der Waals surface area contributed by atoms with Gasteiger partial charge in [0.25, 0.3) is 0 Å². The highest BCUT2D eigenvalue weighted by atomic mass is 16.4. The summed E-state index contributed by atoms with van der Waals surface area (Å²) < 4.78 is 5.47. The van der Waals surface area contributed by atoms with Crippen LogP contribution in [-0.2, 0) is 12.8 Å². The number of hydrogen-bond donors (Lipinski definition) is 0. The van der Waals surface area contributed by atoms with E-state index in [9.17, 15) is 4.79 Å². The Bertz CT molecular complexity index is 574. The van der Waals surface area contributed by atoms with Crippen molar-refractivity contribution in [2.24, 2.45) is 0 Å². The topological polar surface area (TPSA) is 59.2 Å². The van der Waals surface area contributed by atoms with E-state index < -0.39 is 0 Å². The first-order chi connectivity index (χ1) is 9.83. The molecule has 2 aromatic rings. The van der Waals surface area contributed by atoms with Gasteiger partial charge in [-0.3, -0.25) is 4.79 Å². The van der Waals surface area contributed by atoms with Gasteiger partial charge in [-0.05, 0) is 24.8 Å². The summed E-state index contributed by atoms with van der Waals surface area (Å²) in [5, 5.41) is 7.82. The SMILES string of the molecule is O=C(c1nnc(CCc2ccccc2)o1)N1CCCC1. The molecule has 5 nitrogen and oxygen atoms in total. The summed E-state index contributed by atoms with van der Waals surface area (Å²) in [5.74, 6) is 0.507. The lowest BCUT2D eigenvalue weighted by atomic mass is 10.1. The quantitative estimate of drug-likeness (QED) is 0.854. The molecule has 1 aliphatic heterocycles. The smallest absolute Gasteiger partial charge is 0.311 e. The highest BCUT2D eigenvalue weighted by Gasteiger charge is 2.24. The van der Waals surface area contributed by atoms with Crippen LogP contribution in [0.2, 0.25) is 0 Å². The van der Waals surface area contributed by atoms with Crippen molar-refractivity contribution in [3.63, 3.8) is 0 Å². The Hall–Kier alpha value is -2.17. The van der Waals surface area contributed by atoms with Crippen LogP contribution in [0, 0.1) is 0 Å². The molecule has 0 saturated carbocycles. The third-order valence-electron chi connectivity index (χ3n) is 3.51. The molecule has 0 radical (unpaired) electrons. The van der Waals surface area contributed by atoms with E-state index >= 15 is 0 Å². The molecule has 0 aliphatic carbocycles. The zero-order valence-corrected chi connectivity index (χ0v) is 11.3. The largest absolute Gasteiger partial charge is 0.417 e. The molecule has 1 fully saturated rings. The Morgan fingerprint density at radius 3 is 2.60 bits per heavy atom. The van der Waals surface area contributed by atoms with Gasteiger partial charge in [-0.15, -0.1) is 10.2 Å². The van der Waals surface area contributed by atoms with E-state index in [0.717, 1.165) is 32.4 Å². The number of benzene rings is 1. The van der Waals surface area contributed by atoms with Crippen LogP contribution >= 0.6 is 0 Å². The molecule has 0 unspecified atom stereocenters. The fourth-order valence-electron chi connectivity index (χ4n) is 2.39. The van der Waals surface area contributed by atoms with Crippen molar-refractivity contribution in [3.8, 4) is 0 Å². The van der Waals surface area contributed by atoms with Crippen molar-refractivity contribution in [3.05, 3.63) is 47.7 Å². The fourth-order valence-corrected chi connectivity index (χ4v) is 2.39. The van der Waals surface area contributed by atoms with Crippen LogP contribution in [0.25, 0.3) is 0 Å². The minimum Gasteiger partial charge on any atom is -0.417 e. The fraction of sp³-hybridized carbons (Fsp3) is 0.400. The van der Waals surface area contributed by atoms with E-state index in [0.29, 0.717) is 12.3 Å². The average Bonchev–Trinajstić information content (AvgIpc) is 3.17. The maximum atomic E-state index is 12.1. The summed E-state index contributed by atoms with van der Waals surface area (Å²) in [6.07, 6.45) is 3.60. The van der Waals surface area contributed by atoms with Gasteiger partial charge in [-0.1, -0.05) is 30.3 Å². The van der Waals surface area contributed by atoms with Crippen LogP contribution in [0.15, 0.2) is 34.7 Å². The zero-order valence-electron chi connectivity index (χ0n) is 11.3. The number of carbonyl (C=O) groups excluding carboxylic acids is 1. The lowest BCUT2D eigenvalue weighted by Gasteiger charge is -2.11. The van der Waals surface area contributed by atoms with Crippen molar-refractivity contribution in [2.75, 3.05) is 13.1 Å². The van der Waals surface area contributed by atoms with Gasteiger partial charge in [-0.2, -0.15) is 0 Å². The first kappa shape index (κ1) is 12.8. The first-order valence-electron chi connectivity index (χ1n) is 6.98. The third-order valence-corrected chi connectivity index (χ3v) is 3.51. The molecule has 20 heavy (non-hydrogen) atoms. The van der Waals surface area contributed by atoms with Crippen LogP contribution in [0.1, 0.15) is 35.0 Å². The van der Waals surface area contributed by atoms with Gasteiger partial charge in [0.05, 0.1) is 0 Å². The molecule has 1 aromatic carbocycles. The predicted molar refractivity (Wildman–Crippen MR) is 73.3 cm³/mol. The van der Waals surface area contributed by atoms with Gasteiger partial charge in [0.15, 0.2) is 0 Å². The molecule has 1 saturated heterocycles. The third kappa shape index (κ3) is 2.87. The van der Waals surface area contributed by atoms with E-state index in [1.165, 1.54) is 5.56 Å². The van der Waals surface area contributed by atoms with E-state index in [-0.39, 0.29) is 11.8 Å². The van der Waals surface area contributed by atoms with Crippen LogP contribution in [0.3, 0.4) is 0 Å². The van der Waals surface area contributed by atoms with E-state index in [1.54, 1.807) is 4.90 Å². The molecular weight excluding hydrogens is 254 g/mol. The standard InChI is InChI=1S/C15H17N3O2/c19-15(18-10-4-5-11-18)14-17-16-13(20-14)9-8-12-6-2-1-3-7-12/h1-3,6-7H,4-5,8-11H2. The number of likely N-dealkylation sites (tertiary alicyclic amines) is 1. The highest BCUT2D eigenvalue weighted by molar-refractivity contribution is 5.89. The molecule has 1 aromatic heterocycles. The van der Waals surface area contributed by atoms with Crippen LogP contribution in [0.5, 0.6) is 0 Å². The molecule has 2 heterocycles.